The van der Waals surface area contributed by atoms with Crippen LogP contribution in [0.1, 0.15) is 0 Å². The molecule has 0 unspecified atom stereocenters. The van der Waals surface area contributed by atoms with Crippen LogP contribution in [0.3, 0.4) is 0 Å². The number of halogens is 2. The van der Waals surface area contributed by atoms with E-state index in [0.717, 1.165) is 33.4 Å². The largest absolute Gasteiger partial charge is 0.497 e. The Morgan fingerprint density at radius 3 is 2.32 bits per heavy atom. The van der Waals surface area contributed by atoms with Crippen LogP contribution in [0.5, 0.6) is 5.75 Å². The monoisotopic (exact) mass is 425 g/mol. The highest BCUT2D eigenvalue weighted by Crippen LogP contribution is 2.25. The minimum atomic E-state index is -4.94. The maximum atomic E-state index is 8.49. The summed E-state index contributed by atoms with van der Waals surface area (Å²) in [6, 6.07) is 15.3. The Morgan fingerprint density at radius 1 is 1.11 bits per heavy atom. The fourth-order valence-corrected chi connectivity index (χ4v) is 2.56. The number of methoxy groups -OCH3 is 1. The third-order valence-electron chi connectivity index (χ3n) is 3.54. The molecule has 0 radical (unpaired) electrons. The molecule has 1 aromatic heterocycles. The molecule has 0 spiro atoms. The predicted octanol–water partition coefficient (Wildman–Crippen LogP) is -1.83. The van der Waals surface area contributed by atoms with Gasteiger partial charge in [0.2, 0.25) is 5.36 Å². The van der Waals surface area contributed by atoms with E-state index in [4.69, 9.17) is 39.4 Å². The van der Waals surface area contributed by atoms with Gasteiger partial charge in [-0.3, -0.25) is 0 Å². The van der Waals surface area contributed by atoms with Crippen LogP contribution >= 0.6 is 11.6 Å². The highest BCUT2D eigenvalue weighted by atomic mass is 35.7. The molecule has 0 aliphatic carbocycles. The molecule has 0 aliphatic rings. The van der Waals surface area contributed by atoms with E-state index >= 15 is 0 Å². The molecule has 1 heterocycles. The lowest BCUT2D eigenvalue weighted by Crippen LogP contribution is -2.76. The maximum Gasteiger partial charge on any atom is 0.213 e. The van der Waals surface area contributed by atoms with E-state index in [1.165, 1.54) is 0 Å². The van der Waals surface area contributed by atoms with Crippen LogP contribution in [-0.2, 0) is 0 Å². The molecule has 3 rings (SSSR count). The van der Waals surface area contributed by atoms with Crippen LogP contribution < -0.4 is 33.7 Å². The standard InChI is InChI=1S/C19H16ClNO2.ClHO4/c1-3-10-21-17-12-19(13-4-7-15(22-2)8-5-13)23-18-9-6-14(20)11-16(17)18;2-1(3,4)5/h3-9,11-12H,1,10H2,2H3;(H,2,3,4,5). The van der Waals surface area contributed by atoms with E-state index < -0.39 is 10.2 Å². The second-order valence-electron chi connectivity index (χ2n) is 5.44. The second kappa shape index (κ2) is 9.70. The Kier molecular flexibility index (Phi) is 7.59. The third kappa shape index (κ3) is 6.65. The molecule has 0 saturated carbocycles. The van der Waals surface area contributed by atoms with E-state index in [1.807, 2.05) is 54.6 Å². The molecule has 0 amide bonds. The molecule has 0 aliphatic heterocycles. The Morgan fingerprint density at radius 2 is 1.75 bits per heavy atom. The van der Waals surface area contributed by atoms with Crippen molar-refractivity contribution in [2.24, 2.45) is 0 Å². The summed E-state index contributed by atoms with van der Waals surface area (Å²) in [5.41, 5.74) is 1.75. The lowest BCUT2D eigenvalue weighted by molar-refractivity contribution is -2.00. The smallest absolute Gasteiger partial charge is 0.213 e. The number of nitrogens with one attached hydrogen (secondary N) is 1. The Labute approximate surface area is 168 Å². The number of hydrogen-bond acceptors (Lipinski definition) is 6. The zero-order valence-electron chi connectivity index (χ0n) is 14.8. The molecule has 0 saturated heterocycles. The van der Waals surface area contributed by atoms with Gasteiger partial charge in [-0.25, -0.2) is 23.6 Å². The van der Waals surface area contributed by atoms with Crippen molar-refractivity contribution in [2.45, 2.75) is 0 Å². The number of hydrogen-bond donors (Lipinski definition) is 1. The van der Waals surface area contributed by atoms with Crippen LogP contribution in [0.2, 0.25) is 5.02 Å². The summed E-state index contributed by atoms with van der Waals surface area (Å²) in [6.07, 6.45) is 1.81. The van der Waals surface area contributed by atoms with Crippen molar-refractivity contribution in [1.82, 2.24) is 0 Å². The number of fused-ring (bicyclic) bond motifs is 1. The summed E-state index contributed by atoms with van der Waals surface area (Å²) in [7, 11) is -3.30. The average molecular weight is 426 g/mol. The van der Waals surface area contributed by atoms with Crippen molar-refractivity contribution >= 4 is 22.6 Å². The van der Waals surface area contributed by atoms with Crippen LogP contribution in [0, 0.1) is 10.2 Å². The van der Waals surface area contributed by atoms with Crippen LogP contribution in [0.25, 0.3) is 22.3 Å². The van der Waals surface area contributed by atoms with Gasteiger partial charge in [-0.2, -0.15) is 0 Å². The number of ether oxygens (including phenoxy) is 1. The van der Waals surface area contributed by atoms with Gasteiger partial charge >= 0.3 is 0 Å². The molecule has 1 N–H and O–H groups in total. The second-order valence-corrected chi connectivity index (χ2v) is 6.63. The highest BCUT2D eigenvalue weighted by molar-refractivity contribution is 6.31. The van der Waals surface area contributed by atoms with Gasteiger partial charge in [0, 0.05) is 10.6 Å². The van der Waals surface area contributed by atoms with Gasteiger partial charge in [0.05, 0.1) is 18.6 Å². The fourth-order valence-electron chi connectivity index (χ4n) is 2.38. The SMILES string of the molecule is C=CC[NH+]=c1cc(-c2ccc(OC)cc2)oc2ccc(Cl)cc12.[O-][Cl+3]([O-])([O-])[O-]. The fraction of sp³-hybridized carbons (Fsp3) is 0.105. The molecular formula is C19H17Cl2NO6. The van der Waals surface area contributed by atoms with Gasteiger partial charge in [0.25, 0.3) is 0 Å². The first-order valence-corrected chi connectivity index (χ1v) is 9.50. The summed E-state index contributed by atoms with van der Waals surface area (Å²) in [6.45, 7) is 4.41. The zero-order chi connectivity index (χ0) is 20.7. The van der Waals surface area contributed by atoms with Gasteiger partial charge in [-0.1, -0.05) is 18.2 Å². The van der Waals surface area contributed by atoms with Gasteiger partial charge in [0.1, 0.15) is 17.1 Å². The molecule has 0 atom stereocenters. The minimum Gasteiger partial charge on any atom is -0.497 e. The zero-order valence-corrected chi connectivity index (χ0v) is 16.3. The summed E-state index contributed by atoms with van der Waals surface area (Å²) in [4.78, 5) is 3.34. The topological polar surface area (TPSA) is 129 Å². The van der Waals surface area contributed by atoms with Gasteiger partial charge in [0.15, 0.2) is 6.54 Å². The molecule has 0 fully saturated rings. The molecule has 3 aromatic rings. The Bertz CT molecular complexity index is 1000. The summed E-state index contributed by atoms with van der Waals surface area (Å²) < 4.78 is 45.2. The first-order chi connectivity index (χ1) is 13.2. The summed E-state index contributed by atoms with van der Waals surface area (Å²) in [5.74, 6) is 1.58. The van der Waals surface area contributed by atoms with E-state index in [0.29, 0.717) is 11.6 Å². The molecular weight excluding hydrogens is 409 g/mol. The molecule has 9 heteroatoms. The molecule has 7 nitrogen and oxygen atoms in total. The van der Waals surface area contributed by atoms with Gasteiger partial charge < -0.3 is 9.15 Å². The first kappa shape index (κ1) is 21.9. The van der Waals surface area contributed by atoms with Crippen molar-refractivity contribution in [3.05, 3.63) is 71.6 Å². The van der Waals surface area contributed by atoms with Crippen molar-refractivity contribution in [1.29, 1.82) is 0 Å². The number of benzene rings is 2. The Balaban J connectivity index is 0.000000500. The van der Waals surface area contributed by atoms with E-state index in [-0.39, 0.29) is 0 Å². The van der Waals surface area contributed by atoms with Crippen molar-refractivity contribution in [3.63, 3.8) is 0 Å². The summed E-state index contributed by atoms with van der Waals surface area (Å²) >= 11 is 6.11. The number of rotatable bonds is 4. The maximum absolute atomic E-state index is 8.49. The lowest BCUT2D eigenvalue weighted by atomic mass is 10.1. The Hall–Kier alpha value is -2.39. The van der Waals surface area contributed by atoms with E-state index in [1.54, 1.807) is 7.11 Å². The van der Waals surface area contributed by atoms with Crippen LogP contribution in [0.15, 0.2) is 65.6 Å². The normalized spacial score (nSPS) is 11.7. The third-order valence-corrected chi connectivity index (χ3v) is 3.77. The van der Waals surface area contributed by atoms with Gasteiger partial charge in [-0.05, 0) is 48.5 Å². The molecule has 0 bridgehead atoms. The van der Waals surface area contributed by atoms with Crippen LogP contribution in [0.4, 0.5) is 0 Å². The van der Waals surface area contributed by atoms with E-state index in [9.17, 15) is 0 Å². The lowest BCUT2D eigenvalue weighted by Gasteiger charge is -2.17. The quantitative estimate of drug-likeness (QED) is 0.489. The first-order valence-electron chi connectivity index (χ1n) is 7.88. The minimum absolute atomic E-state index is 0.660. The van der Waals surface area contributed by atoms with E-state index in [2.05, 4.69) is 11.6 Å². The predicted molar refractivity (Wildman–Crippen MR) is 92.4 cm³/mol. The van der Waals surface area contributed by atoms with Gasteiger partial charge in [-0.15, -0.1) is 10.2 Å². The molecule has 2 aromatic carbocycles. The average Bonchev–Trinajstić information content (AvgIpc) is 2.65. The highest BCUT2D eigenvalue weighted by Gasteiger charge is 2.09. The summed E-state index contributed by atoms with van der Waals surface area (Å²) in [5, 5.41) is 2.57. The molecule has 28 heavy (non-hydrogen) atoms. The van der Waals surface area contributed by atoms with Crippen molar-refractivity contribution in [3.8, 4) is 17.1 Å². The van der Waals surface area contributed by atoms with Crippen molar-refractivity contribution < 1.29 is 43.0 Å². The van der Waals surface area contributed by atoms with Crippen LogP contribution in [-0.4, -0.2) is 13.7 Å². The molecule has 148 valence electrons. The van der Waals surface area contributed by atoms with Crippen molar-refractivity contribution in [2.75, 3.05) is 13.7 Å².